The molecule has 1 rings (SSSR count). The lowest BCUT2D eigenvalue weighted by Gasteiger charge is -2.29. The highest BCUT2D eigenvalue weighted by Crippen LogP contribution is 2.21. The summed E-state index contributed by atoms with van der Waals surface area (Å²) in [6.07, 6.45) is 0.221. The van der Waals surface area contributed by atoms with Gasteiger partial charge in [0.25, 0.3) is 0 Å². The minimum atomic E-state index is -1.95. The summed E-state index contributed by atoms with van der Waals surface area (Å²) in [6.45, 7) is 4.48. The van der Waals surface area contributed by atoms with Crippen molar-refractivity contribution in [1.82, 2.24) is 5.32 Å². The molecule has 0 saturated carbocycles. The fourth-order valence-corrected chi connectivity index (χ4v) is 2.54. The molecule has 0 fully saturated rings. The highest BCUT2D eigenvalue weighted by molar-refractivity contribution is 6.07. The zero-order valence-electron chi connectivity index (χ0n) is 15.4. The molecular formula is C19H25NO6. The highest BCUT2D eigenvalue weighted by atomic mass is 16.6. The molecule has 0 spiro atoms. The number of esters is 2. The fourth-order valence-electron chi connectivity index (χ4n) is 2.54. The fraction of sp³-hybridized carbons (Fsp3) is 0.474. The lowest BCUT2D eigenvalue weighted by molar-refractivity contribution is -0.168. The van der Waals surface area contributed by atoms with Crippen LogP contribution in [0.1, 0.15) is 50.4 Å². The number of carbonyl (C=O) groups is 4. The first-order valence-electron chi connectivity index (χ1n) is 8.58. The van der Waals surface area contributed by atoms with Gasteiger partial charge in [0.2, 0.25) is 11.4 Å². The highest BCUT2D eigenvalue weighted by Gasteiger charge is 2.49. The summed E-state index contributed by atoms with van der Waals surface area (Å²) in [4.78, 5) is 48.7. The van der Waals surface area contributed by atoms with Crippen LogP contribution in [0.4, 0.5) is 0 Å². The molecule has 0 radical (unpaired) electrons. The van der Waals surface area contributed by atoms with E-state index in [1.165, 1.54) is 6.92 Å². The monoisotopic (exact) mass is 363 g/mol. The van der Waals surface area contributed by atoms with Crippen molar-refractivity contribution in [3.8, 4) is 0 Å². The molecule has 0 aromatic heterocycles. The van der Waals surface area contributed by atoms with Crippen LogP contribution in [0.5, 0.6) is 0 Å². The van der Waals surface area contributed by atoms with Crippen LogP contribution >= 0.6 is 0 Å². The number of hydrogen-bond acceptors (Lipinski definition) is 6. The first-order chi connectivity index (χ1) is 12.4. The molecule has 0 saturated heterocycles. The molecule has 0 aliphatic carbocycles. The Kier molecular flexibility index (Phi) is 8.48. The van der Waals surface area contributed by atoms with Gasteiger partial charge in [0.15, 0.2) is 5.78 Å². The lowest BCUT2D eigenvalue weighted by atomic mass is 9.90. The summed E-state index contributed by atoms with van der Waals surface area (Å²) in [5.41, 5.74) is -1.40. The van der Waals surface area contributed by atoms with E-state index in [1.807, 2.05) is 0 Å². The first-order valence-corrected chi connectivity index (χ1v) is 8.58. The molecule has 1 aromatic rings. The average Bonchev–Trinajstić information content (AvgIpc) is 2.61. The Balaban J connectivity index is 2.95. The molecule has 0 bridgehead atoms. The number of nitrogens with one attached hydrogen (secondary N) is 1. The summed E-state index contributed by atoms with van der Waals surface area (Å²) in [5.74, 6) is -2.46. The Bertz CT molecular complexity index is 623. The predicted molar refractivity (Wildman–Crippen MR) is 94.4 cm³/mol. The molecule has 7 nitrogen and oxygen atoms in total. The molecule has 1 amide bonds. The smallest absolute Gasteiger partial charge is 0.343 e. The first kappa shape index (κ1) is 21.3. The molecule has 0 aliphatic rings. The number of rotatable bonds is 10. The summed E-state index contributed by atoms with van der Waals surface area (Å²) < 4.78 is 9.96. The maximum Gasteiger partial charge on any atom is 0.343 e. The summed E-state index contributed by atoms with van der Waals surface area (Å²) in [6, 6.07) is 8.71. The van der Waals surface area contributed by atoms with Crippen LogP contribution in [0.15, 0.2) is 30.3 Å². The molecule has 0 aliphatic heterocycles. The van der Waals surface area contributed by atoms with Crippen LogP contribution in [-0.2, 0) is 23.9 Å². The van der Waals surface area contributed by atoms with Crippen molar-refractivity contribution in [1.29, 1.82) is 0 Å². The molecule has 0 heterocycles. The molecule has 0 unspecified atom stereocenters. The average molecular weight is 363 g/mol. The van der Waals surface area contributed by atoms with Crippen LogP contribution in [-0.4, -0.2) is 42.4 Å². The van der Waals surface area contributed by atoms with Gasteiger partial charge in [-0.2, -0.15) is 0 Å². The van der Waals surface area contributed by atoms with Crippen molar-refractivity contribution >= 4 is 23.6 Å². The van der Waals surface area contributed by atoms with E-state index in [0.717, 1.165) is 0 Å². The molecule has 0 atom stereocenters. The molecule has 142 valence electrons. The van der Waals surface area contributed by atoms with Gasteiger partial charge in [-0.3, -0.25) is 9.59 Å². The van der Waals surface area contributed by atoms with E-state index in [1.54, 1.807) is 44.2 Å². The zero-order chi connectivity index (χ0) is 19.6. The Morgan fingerprint density at radius 2 is 1.50 bits per heavy atom. The van der Waals surface area contributed by atoms with E-state index in [4.69, 9.17) is 9.47 Å². The van der Waals surface area contributed by atoms with Crippen LogP contribution in [0.3, 0.4) is 0 Å². The molecule has 1 aromatic carbocycles. The van der Waals surface area contributed by atoms with Crippen LogP contribution in [0.2, 0.25) is 0 Å². The van der Waals surface area contributed by atoms with Gasteiger partial charge in [-0.1, -0.05) is 30.3 Å². The number of Topliss-reactive ketones (excluding diaryl/α,β-unsaturated/α-hetero) is 1. The molecular weight excluding hydrogens is 338 g/mol. The van der Waals surface area contributed by atoms with E-state index in [0.29, 0.717) is 5.56 Å². The Labute approximate surface area is 153 Å². The maximum atomic E-state index is 12.4. The van der Waals surface area contributed by atoms with Crippen molar-refractivity contribution in [2.24, 2.45) is 0 Å². The summed E-state index contributed by atoms with van der Waals surface area (Å²) in [7, 11) is 0. The van der Waals surface area contributed by atoms with Crippen LogP contribution in [0.25, 0.3) is 0 Å². The van der Waals surface area contributed by atoms with Gasteiger partial charge in [0.05, 0.1) is 13.2 Å². The van der Waals surface area contributed by atoms with E-state index in [-0.39, 0.29) is 38.3 Å². The Morgan fingerprint density at radius 1 is 0.962 bits per heavy atom. The molecule has 26 heavy (non-hydrogen) atoms. The van der Waals surface area contributed by atoms with E-state index in [9.17, 15) is 19.2 Å². The second-order valence-electron chi connectivity index (χ2n) is 5.67. The number of benzene rings is 1. The van der Waals surface area contributed by atoms with Crippen LogP contribution < -0.4 is 5.32 Å². The zero-order valence-corrected chi connectivity index (χ0v) is 15.4. The number of carbonyl (C=O) groups excluding carboxylic acids is 4. The minimum Gasteiger partial charge on any atom is -0.464 e. The number of ketones is 1. The molecule has 1 N–H and O–H groups in total. The Morgan fingerprint density at radius 3 is 1.96 bits per heavy atom. The van der Waals surface area contributed by atoms with Crippen molar-refractivity contribution in [2.45, 2.75) is 45.6 Å². The lowest BCUT2D eigenvalue weighted by Crippen LogP contribution is -2.61. The SMILES string of the molecule is CCOC(=O)C(CCCC(=O)c1ccccc1)(NC(C)=O)C(=O)OCC. The van der Waals surface area contributed by atoms with Gasteiger partial charge in [-0.15, -0.1) is 0 Å². The third-order valence-corrected chi connectivity index (χ3v) is 3.69. The van der Waals surface area contributed by atoms with Crippen molar-refractivity contribution < 1.29 is 28.7 Å². The van der Waals surface area contributed by atoms with Crippen molar-refractivity contribution in [3.63, 3.8) is 0 Å². The second kappa shape index (κ2) is 10.3. The van der Waals surface area contributed by atoms with E-state index in [2.05, 4.69) is 5.32 Å². The van der Waals surface area contributed by atoms with Crippen molar-refractivity contribution in [2.75, 3.05) is 13.2 Å². The number of amides is 1. The predicted octanol–water partition coefficient (Wildman–Crippen LogP) is 2.04. The largest absolute Gasteiger partial charge is 0.464 e. The van der Waals surface area contributed by atoms with Crippen LogP contribution in [0, 0.1) is 0 Å². The molecule has 7 heteroatoms. The van der Waals surface area contributed by atoms with Gasteiger partial charge in [-0.25, -0.2) is 9.59 Å². The van der Waals surface area contributed by atoms with Gasteiger partial charge in [-0.05, 0) is 26.7 Å². The van der Waals surface area contributed by atoms with E-state index >= 15 is 0 Å². The maximum absolute atomic E-state index is 12.4. The van der Waals surface area contributed by atoms with Gasteiger partial charge in [0.1, 0.15) is 0 Å². The quantitative estimate of drug-likeness (QED) is 0.388. The topological polar surface area (TPSA) is 98.8 Å². The standard InChI is InChI=1S/C19H25NO6/c1-4-25-17(23)19(20-14(3)21,18(24)26-5-2)13-9-12-16(22)15-10-7-6-8-11-15/h6-8,10-11H,4-5,9,12-13H2,1-3H3,(H,20,21). The third kappa shape index (κ3) is 5.68. The number of ether oxygens (including phenoxy) is 2. The van der Waals surface area contributed by atoms with E-state index < -0.39 is 23.4 Å². The normalized spacial score (nSPS) is 10.7. The third-order valence-electron chi connectivity index (χ3n) is 3.69. The Hall–Kier alpha value is -2.70. The van der Waals surface area contributed by atoms with Gasteiger partial charge < -0.3 is 14.8 Å². The summed E-state index contributed by atoms with van der Waals surface area (Å²) in [5, 5.41) is 2.38. The minimum absolute atomic E-state index is 0.0442. The number of hydrogen-bond donors (Lipinski definition) is 1. The second-order valence-corrected chi connectivity index (χ2v) is 5.67. The van der Waals surface area contributed by atoms with Gasteiger partial charge >= 0.3 is 11.9 Å². The summed E-state index contributed by atoms with van der Waals surface area (Å²) >= 11 is 0. The van der Waals surface area contributed by atoms with Gasteiger partial charge in [0, 0.05) is 18.9 Å². The van der Waals surface area contributed by atoms with Crippen molar-refractivity contribution in [3.05, 3.63) is 35.9 Å².